The molecular formula is C21H31ClN8OS. The molecule has 11 heteroatoms. The second-order valence-electron chi connectivity index (χ2n) is 7.97. The lowest BCUT2D eigenvalue weighted by Gasteiger charge is -2.42. The fraction of sp³-hybridized carbons (Fsp3) is 0.571. The van der Waals surface area contributed by atoms with Crippen molar-refractivity contribution in [2.75, 3.05) is 38.1 Å². The van der Waals surface area contributed by atoms with Crippen LogP contribution in [0.25, 0.3) is 11.0 Å². The lowest BCUT2D eigenvalue weighted by atomic mass is 9.92. The molecule has 1 aliphatic heterocycles. The molecule has 2 aromatic heterocycles. The van der Waals surface area contributed by atoms with E-state index in [1.165, 1.54) is 0 Å². The first-order valence-corrected chi connectivity index (χ1v) is 11.1. The van der Waals surface area contributed by atoms with Crippen LogP contribution >= 0.6 is 24.6 Å². The maximum Gasteiger partial charge on any atom is 0.236 e. The number of halogens is 1. The average molecular weight is 479 g/mol. The molecule has 2 aromatic rings. The number of carbonyl (C=O) groups is 1. The Morgan fingerprint density at radius 3 is 2.94 bits per heavy atom. The minimum atomic E-state index is -0.113. The molecule has 1 aliphatic rings. The average Bonchev–Trinajstić information content (AvgIpc) is 3.21. The molecule has 0 saturated carbocycles. The summed E-state index contributed by atoms with van der Waals surface area (Å²) in [6, 6.07) is 4.03. The van der Waals surface area contributed by atoms with E-state index in [4.69, 9.17) is 23.2 Å². The first-order valence-electron chi connectivity index (χ1n) is 10.7. The lowest BCUT2D eigenvalue weighted by Crippen LogP contribution is -2.52. The molecule has 2 atom stereocenters. The number of thiocarbonyl (C=S) groups is 1. The molecule has 1 saturated heterocycles. The van der Waals surface area contributed by atoms with Crippen LogP contribution in [0.3, 0.4) is 0 Å². The van der Waals surface area contributed by atoms with Crippen molar-refractivity contribution >= 4 is 52.5 Å². The van der Waals surface area contributed by atoms with Crippen LogP contribution in [-0.4, -0.2) is 69.7 Å². The van der Waals surface area contributed by atoms with E-state index >= 15 is 0 Å². The zero-order chi connectivity index (χ0) is 22.4. The topological polar surface area (TPSA) is 116 Å². The number of hydrogen-bond donors (Lipinski definition) is 2. The van der Waals surface area contributed by atoms with Crippen molar-refractivity contribution < 1.29 is 4.79 Å². The van der Waals surface area contributed by atoms with Crippen LogP contribution in [0.4, 0.5) is 5.82 Å². The Morgan fingerprint density at radius 2 is 2.22 bits per heavy atom. The molecule has 1 amide bonds. The van der Waals surface area contributed by atoms with Gasteiger partial charge in [-0.1, -0.05) is 6.92 Å². The second-order valence-corrected chi connectivity index (χ2v) is 8.35. The highest BCUT2D eigenvalue weighted by molar-refractivity contribution is 7.80. The third kappa shape index (κ3) is 5.65. The Labute approximate surface area is 200 Å². The minimum absolute atomic E-state index is 0. The number of rotatable bonds is 7. The normalized spacial score (nSPS) is 18.0. The summed E-state index contributed by atoms with van der Waals surface area (Å²) in [5.74, 6) is 1.08. The summed E-state index contributed by atoms with van der Waals surface area (Å²) >= 11 is 5.55. The van der Waals surface area contributed by atoms with Gasteiger partial charge in [-0.3, -0.25) is 9.36 Å². The van der Waals surface area contributed by atoms with Crippen LogP contribution in [-0.2, 0) is 4.79 Å². The highest BCUT2D eigenvalue weighted by Gasteiger charge is 2.32. The molecule has 9 nitrogen and oxygen atoms in total. The fourth-order valence-electron chi connectivity index (χ4n) is 4.05. The predicted molar refractivity (Wildman–Crippen MR) is 132 cm³/mol. The number of nitrogens with two attached hydrogens (primary N) is 1. The van der Waals surface area contributed by atoms with Crippen LogP contribution in [0.2, 0.25) is 0 Å². The summed E-state index contributed by atoms with van der Waals surface area (Å²) in [6.45, 7) is 4.89. The Morgan fingerprint density at radius 1 is 1.44 bits per heavy atom. The van der Waals surface area contributed by atoms with Crippen molar-refractivity contribution in [3.63, 3.8) is 0 Å². The number of fused-ring (bicyclic) bond motifs is 1. The smallest absolute Gasteiger partial charge is 0.236 e. The molecule has 0 aliphatic carbocycles. The number of nitrogens with one attached hydrogen (secondary N) is 1. The van der Waals surface area contributed by atoms with Crippen LogP contribution < -0.4 is 16.0 Å². The minimum Gasteiger partial charge on any atom is -0.362 e. The number of amides is 1. The molecule has 0 aromatic carbocycles. The van der Waals surface area contributed by atoms with Gasteiger partial charge in [0.15, 0.2) is 10.8 Å². The number of unbranched alkanes of at least 4 members (excludes halogenated alkanes) is 1. The van der Waals surface area contributed by atoms with Gasteiger partial charge in [-0.15, -0.1) is 12.4 Å². The van der Waals surface area contributed by atoms with E-state index in [0.29, 0.717) is 30.7 Å². The first kappa shape index (κ1) is 25.8. The molecule has 0 spiro atoms. The van der Waals surface area contributed by atoms with Gasteiger partial charge in [-0.05, 0) is 50.0 Å². The van der Waals surface area contributed by atoms with E-state index in [9.17, 15) is 4.79 Å². The molecule has 0 bridgehead atoms. The quantitative estimate of drug-likeness (QED) is 0.458. The molecule has 32 heavy (non-hydrogen) atoms. The van der Waals surface area contributed by atoms with Crippen molar-refractivity contribution in [3.8, 4) is 6.07 Å². The molecule has 0 unspecified atom stereocenters. The van der Waals surface area contributed by atoms with Gasteiger partial charge in [0, 0.05) is 32.9 Å². The highest BCUT2D eigenvalue weighted by atomic mass is 35.5. The molecule has 3 N–H and O–H groups in total. The van der Waals surface area contributed by atoms with Crippen LogP contribution in [0, 0.1) is 17.2 Å². The van der Waals surface area contributed by atoms with Gasteiger partial charge in [-0.25, -0.2) is 9.97 Å². The molecular weight excluding hydrogens is 448 g/mol. The van der Waals surface area contributed by atoms with Gasteiger partial charge >= 0.3 is 0 Å². The number of nitriles is 1. The monoisotopic (exact) mass is 478 g/mol. The van der Waals surface area contributed by atoms with E-state index in [-0.39, 0.29) is 30.8 Å². The van der Waals surface area contributed by atoms with Gasteiger partial charge < -0.3 is 20.9 Å². The Bertz CT molecular complexity index is 974. The fourth-order valence-corrected chi connectivity index (χ4v) is 4.30. The number of piperidine rings is 1. The van der Waals surface area contributed by atoms with Crippen molar-refractivity contribution in [3.05, 3.63) is 18.6 Å². The Kier molecular flexibility index (Phi) is 9.62. The molecule has 0 radical (unpaired) electrons. The van der Waals surface area contributed by atoms with E-state index < -0.39 is 0 Å². The van der Waals surface area contributed by atoms with Crippen molar-refractivity contribution in [2.24, 2.45) is 11.7 Å². The summed E-state index contributed by atoms with van der Waals surface area (Å²) in [4.78, 5) is 25.2. The number of hydrogen-bond acceptors (Lipinski definition) is 7. The number of likely N-dealkylation sites (N-methyl/N-ethyl adjacent to an activating group) is 1. The largest absolute Gasteiger partial charge is 0.362 e. The number of likely N-dealkylation sites (tertiary alicyclic amines) is 1. The van der Waals surface area contributed by atoms with Crippen molar-refractivity contribution in [2.45, 2.75) is 38.6 Å². The van der Waals surface area contributed by atoms with E-state index in [1.54, 1.807) is 11.2 Å². The van der Waals surface area contributed by atoms with Gasteiger partial charge in [-0.2, -0.15) is 5.26 Å². The molecule has 3 rings (SSSR count). The predicted octanol–water partition coefficient (Wildman–Crippen LogP) is 1.90. The van der Waals surface area contributed by atoms with Crippen LogP contribution in [0.15, 0.2) is 18.6 Å². The number of carbonyl (C=O) groups excluding carboxylic acids is 1. The molecule has 1 fully saturated rings. The number of anilines is 1. The standard InChI is InChI=1S/C21H30N8OS.ClH/c1-15-6-11-28(18(30)5-9-23)13-17(15)27(2)19-16-7-12-29(20(16)26-14-25-19)21(31)24-10-4-3-8-22;/h7,12,14-15,17H,3-6,8,10-11,13,22H2,1-2H3,(H,24,31);1H/t15-,17+;/m1./s1. The van der Waals surface area contributed by atoms with Crippen LogP contribution in [0.1, 0.15) is 32.6 Å². The van der Waals surface area contributed by atoms with Crippen LogP contribution in [0.5, 0.6) is 0 Å². The Balaban J connectivity index is 0.00000363. The maximum atomic E-state index is 12.3. The molecule has 3 heterocycles. The van der Waals surface area contributed by atoms with E-state index in [2.05, 4.69) is 27.1 Å². The highest BCUT2D eigenvalue weighted by Crippen LogP contribution is 2.29. The summed E-state index contributed by atoms with van der Waals surface area (Å²) in [5.41, 5.74) is 6.29. The molecule has 174 valence electrons. The van der Waals surface area contributed by atoms with Crippen molar-refractivity contribution in [1.29, 1.82) is 5.26 Å². The number of nitrogens with zero attached hydrogens (tertiary/aromatic N) is 6. The van der Waals surface area contributed by atoms with E-state index in [1.807, 2.05) is 29.9 Å². The second kappa shape index (κ2) is 11.9. The third-order valence-corrected chi connectivity index (χ3v) is 6.26. The maximum absolute atomic E-state index is 12.3. The van der Waals surface area contributed by atoms with Gasteiger partial charge in [0.1, 0.15) is 18.6 Å². The lowest BCUT2D eigenvalue weighted by molar-refractivity contribution is -0.131. The van der Waals surface area contributed by atoms with Crippen molar-refractivity contribution in [1.82, 2.24) is 24.8 Å². The summed E-state index contributed by atoms with van der Waals surface area (Å²) < 4.78 is 1.86. The van der Waals surface area contributed by atoms with Gasteiger partial charge in [0.25, 0.3) is 0 Å². The zero-order valence-corrected chi connectivity index (χ0v) is 20.2. The van der Waals surface area contributed by atoms with Gasteiger partial charge in [0.05, 0.1) is 17.5 Å². The summed E-state index contributed by atoms with van der Waals surface area (Å²) in [7, 11) is 2.00. The Hall–Kier alpha value is -2.48. The summed E-state index contributed by atoms with van der Waals surface area (Å²) in [5, 5.41) is 13.6. The van der Waals surface area contributed by atoms with Gasteiger partial charge in [0.2, 0.25) is 5.91 Å². The van der Waals surface area contributed by atoms with E-state index in [0.717, 1.165) is 42.7 Å². The summed E-state index contributed by atoms with van der Waals surface area (Å²) in [6.07, 6.45) is 6.17. The third-order valence-electron chi connectivity index (χ3n) is 5.92. The SMILES string of the molecule is C[C@@H]1CCN(C(=O)CC#N)C[C@@H]1N(C)c1ncnc2c1ccn2C(=S)NCCCCN.Cl. The first-order chi connectivity index (χ1) is 15.0. The number of aromatic nitrogens is 3. The zero-order valence-electron chi connectivity index (χ0n) is 18.5.